The molecule has 0 aliphatic carbocycles. The Morgan fingerprint density at radius 3 is 1.82 bits per heavy atom. The van der Waals surface area contributed by atoms with Gasteiger partial charge in [0.1, 0.15) is 11.5 Å². The second-order valence-corrected chi connectivity index (χ2v) is 6.50. The summed E-state index contributed by atoms with van der Waals surface area (Å²) in [6, 6.07) is 34.8. The second-order valence-electron chi connectivity index (χ2n) is 6.50. The lowest BCUT2D eigenvalue weighted by Gasteiger charge is -2.19. The lowest BCUT2D eigenvalue weighted by atomic mass is 9.91. The van der Waals surface area contributed by atoms with E-state index in [0.29, 0.717) is 6.42 Å². The molecule has 4 rings (SSSR count). The second kappa shape index (κ2) is 8.29. The number of hydrogen-bond donors (Lipinski definition) is 0. The van der Waals surface area contributed by atoms with Crippen LogP contribution >= 0.6 is 0 Å². The van der Waals surface area contributed by atoms with Crippen LogP contribution < -0.4 is 4.74 Å². The third-order valence-electron chi connectivity index (χ3n) is 4.64. The van der Waals surface area contributed by atoms with Gasteiger partial charge in [0.2, 0.25) is 0 Å². The Morgan fingerprint density at radius 2 is 1.21 bits per heavy atom. The maximum atomic E-state index is 6.41. The van der Waals surface area contributed by atoms with Gasteiger partial charge in [-0.2, -0.15) is 0 Å². The Labute approximate surface area is 166 Å². The van der Waals surface area contributed by atoms with Gasteiger partial charge in [0.15, 0.2) is 0 Å². The van der Waals surface area contributed by atoms with Crippen LogP contribution in [-0.4, -0.2) is 0 Å². The minimum absolute atomic E-state index is 0.511. The fourth-order valence-corrected chi connectivity index (χ4v) is 3.35. The largest absolute Gasteiger partial charge is 0.456 e. The first-order chi connectivity index (χ1) is 13.9. The zero-order chi connectivity index (χ0) is 19.2. The van der Waals surface area contributed by atoms with Crippen molar-refractivity contribution in [3.63, 3.8) is 0 Å². The highest BCUT2D eigenvalue weighted by atomic mass is 16.5. The highest BCUT2D eigenvalue weighted by Gasteiger charge is 2.18. The van der Waals surface area contributed by atoms with E-state index in [1.807, 2.05) is 54.6 Å². The van der Waals surface area contributed by atoms with Gasteiger partial charge in [0.05, 0.1) is 0 Å². The van der Waals surface area contributed by atoms with Gasteiger partial charge in [0, 0.05) is 17.5 Å². The molecule has 1 nitrogen and oxygen atoms in total. The molecule has 0 aliphatic heterocycles. The summed E-state index contributed by atoms with van der Waals surface area (Å²) in [5, 5.41) is 0. The third kappa shape index (κ3) is 3.68. The van der Waals surface area contributed by atoms with E-state index in [2.05, 4.69) is 54.5 Å². The molecule has 0 heterocycles. The molecular weight excluding hydrogens is 340 g/mol. The fraction of sp³-hybridized carbons (Fsp3) is 0.0370. The molecule has 28 heavy (non-hydrogen) atoms. The lowest BCUT2D eigenvalue weighted by Crippen LogP contribution is -1.97. The predicted molar refractivity (Wildman–Crippen MR) is 116 cm³/mol. The van der Waals surface area contributed by atoms with Crippen LogP contribution in [0.25, 0.3) is 22.3 Å². The lowest BCUT2D eigenvalue weighted by molar-refractivity contribution is 0.480. The van der Waals surface area contributed by atoms with Crippen molar-refractivity contribution in [3.8, 4) is 46.1 Å². The maximum absolute atomic E-state index is 6.41. The molecule has 0 atom stereocenters. The van der Waals surface area contributed by atoms with Gasteiger partial charge in [0.25, 0.3) is 0 Å². The van der Waals surface area contributed by atoms with E-state index >= 15 is 0 Å². The molecule has 1 heteroatoms. The maximum Gasteiger partial charge on any atom is 0.140 e. The Hall–Kier alpha value is -3.76. The molecule has 0 aliphatic rings. The Morgan fingerprint density at radius 1 is 0.643 bits per heavy atom. The molecule has 0 fully saturated rings. The van der Waals surface area contributed by atoms with Crippen LogP contribution in [0.15, 0.2) is 103 Å². The SMILES string of the molecule is C#CCc1ccc(-c2ccccc2)c(-c2ccccc2)c1Oc1ccccc1. The molecule has 0 N–H and O–H groups in total. The molecule has 0 amide bonds. The van der Waals surface area contributed by atoms with Gasteiger partial charge < -0.3 is 4.74 Å². The van der Waals surface area contributed by atoms with E-state index < -0.39 is 0 Å². The van der Waals surface area contributed by atoms with Crippen LogP contribution in [0.2, 0.25) is 0 Å². The van der Waals surface area contributed by atoms with Gasteiger partial charge in [-0.3, -0.25) is 0 Å². The molecule has 0 saturated carbocycles. The highest BCUT2D eigenvalue weighted by Crippen LogP contribution is 2.43. The summed E-state index contributed by atoms with van der Waals surface area (Å²) in [5.41, 5.74) is 5.43. The van der Waals surface area contributed by atoms with Crippen LogP contribution in [0.3, 0.4) is 0 Å². The summed E-state index contributed by atoms with van der Waals surface area (Å²) >= 11 is 0. The van der Waals surface area contributed by atoms with E-state index in [0.717, 1.165) is 39.3 Å². The van der Waals surface area contributed by atoms with E-state index in [9.17, 15) is 0 Å². The average Bonchev–Trinajstić information content (AvgIpc) is 2.77. The number of para-hydroxylation sites is 1. The highest BCUT2D eigenvalue weighted by molar-refractivity contribution is 5.89. The first-order valence-electron chi connectivity index (χ1n) is 9.30. The average molecular weight is 360 g/mol. The molecule has 4 aromatic rings. The van der Waals surface area contributed by atoms with Gasteiger partial charge in [-0.1, -0.05) is 91.0 Å². The van der Waals surface area contributed by atoms with Crippen molar-refractivity contribution in [2.75, 3.05) is 0 Å². The standard InChI is InChI=1S/C27H20O/c1-2-12-23-19-20-25(21-13-6-3-7-14-21)26(22-15-8-4-9-16-22)27(23)28-24-17-10-5-11-18-24/h1,3-11,13-20H,12H2. The van der Waals surface area contributed by atoms with E-state index in [1.165, 1.54) is 0 Å². The Kier molecular flexibility index (Phi) is 5.22. The van der Waals surface area contributed by atoms with Crippen molar-refractivity contribution < 1.29 is 4.74 Å². The van der Waals surface area contributed by atoms with Crippen molar-refractivity contribution in [1.29, 1.82) is 0 Å². The van der Waals surface area contributed by atoms with Gasteiger partial charge in [-0.15, -0.1) is 12.3 Å². The molecule has 0 radical (unpaired) electrons. The van der Waals surface area contributed by atoms with E-state index in [4.69, 9.17) is 11.2 Å². The van der Waals surface area contributed by atoms with E-state index in [-0.39, 0.29) is 0 Å². The monoisotopic (exact) mass is 360 g/mol. The zero-order valence-electron chi connectivity index (χ0n) is 15.5. The summed E-state index contributed by atoms with van der Waals surface area (Å²) in [5.74, 6) is 4.38. The summed E-state index contributed by atoms with van der Waals surface area (Å²) in [4.78, 5) is 0. The van der Waals surface area contributed by atoms with Crippen LogP contribution in [0.5, 0.6) is 11.5 Å². The summed E-state index contributed by atoms with van der Waals surface area (Å²) < 4.78 is 6.41. The van der Waals surface area contributed by atoms with Crippen molar-refractivity contribution in [2.24, 2.45) is 0 Å². The molecule has 0 spiro atoms. The van der Waals surface area contributed by atoms with E-state index in [1.54, 1.807) is 0 Å². The summed E-state index contributed by atoms with van der Waals surface area (Å²) in [6.45, 7) is 0. The van der Waals surface area contributed by atoms with Crippen molar-refractivity contribution >= 4 is 0 Å². The minimum atomic E-state index is 0.511. The number of benzene rings is 4. The van der Waals surface area contributed by atoms with Crippen molar-refractivity contribution in [2.45, 2.75) is 6.42 Å². The van der Waals surface area contributed by atoms with Crippen LogP contribution in [0.1, 0.15) is 5.56 Å². The molecule has 0 bridgehead atoms. The zero-order valence-corrected chi connectivity index (χ0v) is 15.5. The molecule has 4 aromatic carbocycles. The molecule has 134 valence electrons. The predicted octanol–water partition coefficient (Wildman–Crippen LogP) is 6.99. The van der Waals surface area contributed by atoms with Crippen molar-refractivity contribution in [1.82, 2.24) is 0 Å². The van der Waals surface area contributed by atoms with Crippen LogP contribution in [-0.2, 0) is 6.42 Å². The first-order valence-corrected chi connectivity index (χ1v) is 9.30. The normalized spacial score (nSPS) is 10.2. The first kappa shape index (κ1) is 17.6. The quantitative estimate of drug-likeness (QED) is 0.349. The summed E-state index contributed by atoms with van der Waals surface area (Å²) in [7, 11) is 0. The Balaban J connectivity index is 1.99. The topological polar surface area (TPSA) is 9.23 Å². The van der Waals surface area contributed by atoms with Gasteiger partial charge in [-0.25, -0.2) is 0 Å². The third-order valence-corrected chi connectivity index (χ3v) is 4.64. The smallest absolute Gasteiger partial charge is 0.140 e. The van der Waals surface area contributed by atoms with Crippen LogP contribution in [0.4, 0.5) is 0 Å². The van der Waals surface area contributed by atoms with Gasteiger partial charge in [-0.05, 0) is 28.8 Å². The minimum Gasteiger partial charge on any atom is -0.456 e. The number of ether oxygens (including phenoxy) is 1. The molecule has 0 unspecified atom stereocenters. The van der Waals surface area contributed by atoms with Crippen molar-refractivity contribution in [3.05, 3.63) is 109 Å². The fourth-order valence-electron chi connectivity index (χ4n) is 3.35. The number of rotatable bonds is 5. The summed E-state index contributed by atoms with van der Waals surface area (Å²) in [6.07, 6.45) is 6.17. The van der Waals surface area contributed by atoms with Crippen LogP contribution in [0, 0.1) is 12.3 Å². The van der Waals surface area contributed by atoms with Gasteiger partial charge >= 0.3 is 0 Å². The molecule has 0 saturated heterocycles. The Bertz CT molecular complexity index is 1090. The number of hydrogen-bond acceptors (Lipinski definition) is 1. The molecule has 0 aromatic heterocycles. The number of terminal acetylenes is 1. The molecular formula is C27H20O.